The van der Waals surface area contributed by atoms with Gasteiger partial charge in [-0.05, 0) is 78.8 Å². The van der Waals surface area contributed by atoms with Crippen LogP contribution in [0.1, 0.15) is 43.4 Å². The molecule has 0 unspecified atom stereocenters. The molecule has 1 aliphatic heterocycles. The highest BCUT2D eigenvalue weighted by Gasteiger charge is 2.32. The Morgan fingerprint density at radius 1 is 1.11 bits per heavy atom. The van der Waals surface area contributed by atoms with Crippen molar-refractivity contribution in [1.82, 2.24) is 4.57 Å². The fourth-order valence-corrected chi connectivity index (χ4v) is 5.77. The molecule has 0 amide bonds. The van der Waals surface area contributed by atoms with Gasteiger partial charge in [-0.2, -0.15) is 0 Å². The molecule has 2 aromatic carbocycles. The summed E-state index contributed by atoms with van der Waals surface area (Å²) in [6.45, 7) is 1.98. The average Bonchev–Trinajstić information content (AvgIpc) is 3.15. The minimum absolute atomic E-state index is 0.244. The van der Waals surface area contributed by atoms with Gasteiger partial charge < -0.3 is 4.74 Å². The Bertz CT molecular complexity index is 1530. The number of rotatable bonds is 4. The van der Waals surface area contributed by atoms with E-state index in [1.165, 1.54) is 17.4 Å². The van der Waals surface area contributed by atoms with E-state index in [9.17, 15) is 9.59 Å². The third-order valence-corrected chi connectivity index (χ3v) is 7.55. The molecule has 0 saturated carbocycles. The molecule has 0 spiro atoms. The lowest BCUT2D eigenvalue weighted by atomic mass is 9.84. The molecule has 3 aromatic rings. The SMILES string of the molecule is CCOC(=O)/C=c1\sc2n(c1=O)[C@H](c1ccc(Cl)cc1)C1=C(N=2)/C(=C/c2ccc(Cl)cc2)CCC1. The summed E-state index contributed by atoms with van der Waals surface area (Å²) < 4.78 is 7.04. The summed E-state index contributed by atoms with van der Waals surface area (Å²) >= 11 is 13.4. The molecule has 2 heterocycles. The van der Waals surface area contributed by atoms with Crippen LogP contribution in [0.5, 0.6) is 0 Å². The van der Waals surface area contributed by atoms with Gasteiger partial charge in [-0.15, -0.1) is 0 Å². The first-order chi connectivity index (χ1) is 16.9. The van der Waals surface area contributed by atoms with Crippen molar-refractivity contribution in [2.24, 2.45) is 4.99 Å². The predicted octanol–water partition coefficient (Wildman–Crippen LogP) is 5.30. The Morgan fingerprint density at radius 2 is 1.80 bits per heavy atom. The highest BCUT2D eigenvalue weighted by atomic mass is 35.5. The van der Waals surface area contributed by atoms with Crippen LogP contribution in [0.4, 0.5) is 0 Å². The third-order valence-electron chi connectivity index (χ3n) is 6.07. The molecule has 0 fully saturated rings. The zero-order valence-electron chi connectivity index (χ0n) is 19.0. The molecule has 178 valence electrons. The molecule has 5 nitrogen and oxygen atoms in total. The van der Waals surface area contributed by atoms with E-state index in [1.54, 1.807) is 11.5 Å². The molecule has 1 aromatic heterocycles. The largest absolute Gasteiger partial charge is 0.463 e. The van der Waals surface area contributed by atoms with E-state index in [0.29, 0.717) is 19.4 Å². The van der Waals surface area contributed by atoms with Crippen molar-refractivity contribution in [3.63, 3.8) is 0 Å². The van der Waals surface area contributed by atoms with E-state index in [1.807, 2.05) is 48.5 Å². The minimum atomic E-state index is -0.534. The Balaban J connectivity index is 1.73. The van der Waals surface area contributed by atoms with E-state index >= 15 is 0 Å². The maximum Gasteiger partial charge on any atom is 0.332 e. The Hall–Kier alpha value is -2.93. The van der Waals surface area contributed by atoms with Gasteiger partial charge in [-0.1, -0.05) is 58.8 Å². The maximum absolute atomic E-state index is 13.5. The number of esters is 1. The van der Waals surface area contributed by atoms with E-state index in [2.05, 4.69) is 6.08 Å². The normalized spacial score (nSPS) is 18.8. The van der Waals surface area contributed by atoms with Crippen LogP contribution >= 0.6 is 34.5 Å². The van der Waals surface area contributed by atoms with Crippen LogP contribution in [-0.4, -0.2) is 17.1 Å². The maximum atomic E-state index is 13.5. The van der Waals surface area contributed by atoms with Gasteiger partial charge in [0.1, 0.15) is 4.53 Å². The Labute approximate surface area is 216 Å². The zero-order chi connectivity index (χ0) is 24.5. The van der Waals surface area contributed by atoms with Gasteiger partial charge in [0.05, 0.1) is 18.3 Å². The first-order valence-electron chi connectivity index (χ1n) is 11.4. The molecule has 0 saturated heterocycles. The van der Waals surface area contributed by atoms with Crippen LogP contribution in [0.3, 0.4) is 0 Å². The lowest BCUT2D eigenvalue weighted by Gasteiger charge is -2.31. The van der Waals surface area contributed by atoms with Gasteiger partial charge in [-0.25, -0.2) is 9.79 Å². The van der Waals surface area contributed by atoms with Gasteiger partial charge in [0.25, 0.3) is 5.56 Å². The number of fused-ring (bicyclic) bond motifs is 1. The molecule has 8 heteroatoms. The summed E-state index contributed by atoms with van der Waals surface area (Å²) in [6, 6.07) is 14.9. The smallest absolute Gasteiger partial charge is 0.332 e. The number of allylic oxidation sites excluding steroid dienone is 2. The molecule has 0 bridgehead atoms. The highest BCUT2D eigenvalue weighted by molar-refractivity contribution is 7.07. The van der Waals surface area contributed by atoms with Gasteiger partial charge in [0, 0.05) is 16.1 Å². The first-order valence-corrected chi connectivity index (χ1v) is 13.0. The number of hydrogen-bond donors (Lipinski definition) is 0. The van der Waals surface area contributed by atoms with Gasteiger partial charge in [-0.3, -0.25) is 9.36 Å². The number of hydrogen-bond acceptors (Lipinski definition) is 5. The second kappa shape index (κ2) is 9.97. The van der Waals surface area contributed by atoms with Crippen LogP contribution in [0, 0.1) is 0 Å². The molecule has 1 aliphatic carbocycles. The monoisotopic (exact) mass is 524 g/mol. The third kappa shape index (κ3) is 4.79. The summed E-state index contributed by atoms with van der Waals surface area (Å²) in [4.78, 5) is 31.1. The van der Waals surface area contributed by atoms with Crippen molar-refractivity contribution >= 4 is 52.7 Å². The quantitative estimate of drug-likeness (QED) is 0.434. The van der Waals surface area contributed by atoms with Crippen molar-refractivity contribution in [1.29, 1.82) is 0 Å². The van der Waals surface area contributed by atoms with Crippen molar-refractivity contribution in [2.45, 2.75) is 32.2 Å². The lowest BCUT2D eigenvalue weighted by molar-refractivity contribution is -0.135. The number of nitrogens with zero attached hydrogens (tertiary/aromatic N) is 2. The first kappa shape index (κ1) is 23.8. The number of benzene rings is 2. The van der Waals surface area contributed by atoms with Crippen molar-refractivity contribution in [3.8, 4) is 0 Å². The summed E-state index contributed by atoms with van der Waals surface area (Å²) in [7, 11) is 0. The van der Waals surface area contributed by atoms with E-state index in [-0.39, 0.29) is 18.2 Å². The van der Waals surface area contributed by atoms with Crippen LogP contribution in [0.25, 0.3) is 12.2 Å². The van der Waals surface area contributed by atoms with E-state index in [4.69, 9.17) is 32.9 Å². The van der Waals surface area contributed by atoms with Gasteiger partial charge in [0.2, 0.25) is 0 Å². The van der Waals surface area contributed by atoms with Crippen LogP contribution in [-0.2, 0) is 9.53 Å². The number of aromatic nitrogens is 1. The second-order valence-corrected chi connectivity index (χ2v) is 10.2. The van der Waals surface area contributed by atoms with Crippen molar-refractivity contribution < 1.29 is 9.53 Å². The number of thiazole rings is 1. The lowest BCUT2D eigenvalue weighted by Crippen LogP contribution is -2.39. The van der Waals surface area contributed by atoms with Crippen molar-refractivity contribution in [2.75, 3.05) is 6.61 Å². The fraction of sp³-hybridized carbons (Fsp3) is 0.222. The summed E-state index contributed by atoms with van der Waals surface area (Å²) in [5, 5.41) is 1.32. The van der Waals surface area contributed by atoms with Crippen LogP contribution in [0.2, 0.25) is 10.0 Å². The summed E-state index contributed by atoms with van der Waals surface area (Å²) in [5.41, 5.74) is 4.87. The highest BCUT2D eigenvalue weighted by Crippen LogP contribution is 2.41. The second-order valence-electron chi connectivity index (χ2n) is 8.33. The fourth-order valence-electron chi connectivity index (χ4n) is 4.55. The molecule has 0 N–H and O–H groups in total. The predicted molar refractivity (Wildman–Crippen MR) is 140 cm³/mol. The molecule has 5 rings (SSSR count). The number of carbonyl (C=O) groups excluding carboxylic acids is 1. The van der Waals surface area contributed by atoms with Crippen LogP contribution < -0.4 is 14.9 Å². The number of ether oxygens (including phenoxy) is 1. The average molecular weight is 525 g/mol. The van der Waals surface area contributed by atoms with E-state index in [0.717, 1.165) is 47.2 Å². The summed E-state index contributed by atoms with van der Waals surface area (Å²) in [5.74, 6) is -0.534. The van der Waals surface area contributed by atoms with Gasteiger partial charge in [0.15, 0.2) is 4.80 Å². The summed E-state index contributed by atoms with van der Waals surface area (Å²) in [6.07, 6.45) is 6.06. The van der Waals surface area contributed by atoms with Gasteiger partial charge >= 0.3 is 5.97 Å². The molecule has 1 atom stereocenters. The van der Waals surface area contributed by atoms with Crippen molar-refractivity contribution in [3.05, 3.63) is 106 Å². The van der Waals surface area contributed by atoms with Crippen LogP contribution in [0.15, 0.2) is 75.2 Å². The Kier molecular flexibility index (Phi) is 6.78. The molecular weight excluding hydrogens is 503 g/mol. The molecule has 35 heavy (non-hydrogen) atoms. The standard InChI is InChI=1S/C27H22Cl2N2O3S/c1-2-34-23(32)15-22-26(33)31-25(17-8-12-20(29)13-9-17)21-5-3-4-18(24(21)30-27(31)35-22)14-16-6-10-19(28)11-7-16/h6-15,25H,2-5H2,1H3/b18-14+,22-15-/t25-/m1/s1. The zero-order valence-corrected chi connectivity index (χ0v) is 21.3. The molecule has 0 radical (unpaired) electrons. The number of halogens is 2. The Morgan fingerprint density at radius 3 is 2.49 bits per heavy atom. The minimum Gasteiger partial charge on any atom is -0.463 e. The number of carbonyl (C=O) groups is 1. The van der Waals surface area contributed by atoms with E-state index < -0.39 is 5.97 Å². The molecule has 2 aliphatic rings. The molecular formula is C27H22Cl2N2O3S. The topological polar surface area (TPSA) is 60.7 Å².